The van der Waals surface area contributed by atoms with Crippen molar-refractivity contribution in [3.8, 4) is 0 Å². The van der Waals surface area contributed by atoms with Gasteiger partial charge in [0.15, 0.2) is 5.79 Å². The summed E-state index contributed by atoms with van der Waals surface area (Å²) >= 11 is 0. The minimum Gasteiger partial charge on any atom is -0.347 e. The van der Waals surface area contributed by atoms with Crippen LogP contribution in [0.1, 0.15) is 38.5 Å². The van der Waals surface area contributed by atoms with Gasteiger partial charge in [-0.3, -0.25) is 0 Å². The van der Waals surface area contributed by atoms with Crippen LogP contribution in [0.4, 0.5) is 0 Å². The lowest BCUT2D eigenvalue weighted by molar-refractivity contribution is -0.163. The molecule has 2 heterocycles. The van der Waals surface area contributed by atoms with Crippen LogP contribution in [-0.4, -0.2) is 56.6 Å². The lowest BCUT2D eigenvalue weighted by Gasteiger charge is -2.29. The van der Waals surface area contributed by atoms with Gasteiger partial charge >= 0.3 is 0 Å². The zero-order valence-electron chi connectivity index (χ0n) is 12.2. The van der Waals surface area contributed by atoms with Gasteiger partial charge in [0, 0.05) is 25.9 Å². The van der Waals surface area contributed by atoms with E-state index < -0.39 is 0 Å². The van der Waals surface area contributed by atoms with Crippen LogP contribution in [0.3, 0.4) is 0 Å². The molecule has 1 aliphatic carbocycles. The van der Waals surface area contributed by atoms with E-state index in [1.807, 2.05) is 0 Å². The molecule has 0 aromatic heterocycles. The first-order valence-electron chi connectivity index (χ1n) is 7.97. The molecule has 0 amide bonds. The molecule has 0 bridgehead atoms. The smallest absolute Gasteiger partial charge is 0.168 e. The summed E-state index contributed by atoms with van der Waals surface area (Å²) in [6.07, 6.45) is 7.68. The molecule has 1 spiro atoms. The van der Waals surface area contributed by atoms with Crippen molar-refractivity contribution in [1.82, 2.24) is 10.2 Å². The summed E-state index contributed by atoms with van der Waals surface area (Å²) < 4.78 is 12.1. The van der Waals surface area contributed by atoms with Crippen LogP contribution < -0.4 is 5.32 Å². The van der Waals surface area contributed by atoms with Crippen LogP contribution in [0.2, 0.25) is 0 Å². The Labute approximate surface area is 116 Å². The monoisotopic (exact) mass is 268 g/mol. The van der Waals surface area contributed by atoms with E-state index in [0.717, 1.165) is 31.9 Å². The Bertz CT molecular complexity index is 286. The lowest BCUT2D eigenvalue weighted by atomic mass is 9.99. The minimum absolute atomic E-state index is 0.197. The number of likely N-dealkylation sites (N-methyl/N-ethyl adjacent to an activating group) is 1. The second kappa shape index (κ2) is 6.08. The largest absolute Gasteiger partial charge is 0.347 e. The Balaban J connectivity index is 1.41. The van der Waals surface area contributed by atoms with Crippen molar-refractivity contribution < 1.29 is 9.47 Å². The maximum absolute atomic E-state index is 6.19. The van der Waals surface area contributed by atoms with Crippen molar-refractivity contribution in [2.45, 2.75) is 50.4 Å². The third-order valence-electron chi connectivity index (χ3n) is 4.76. The number of hydrogen-bond donors (Lipinski definition) is 1. The molecule has 1 saturated carbocycles. The average Bonchev–Trinajstić information content (AvgIpc) is 3.02. The van der Waals surface area contributed by atoms with Crippen LogP contribution in [0.5, 0.6) is 0 Å². The first-order valence-corrected chi connectivity index (χ1v) is 7.97. The highest BCUT2D eigenvalue weighted by Crippen LogP contribution is 2.39. The zero-order valence-corrected chi connectivity index (χ0v) is 12.2. The van der Waals surface area contributed by atoms with Gasteiger partial charge in [0.1, 0.15) is 0 Å². The summed E-state index contributed by atoms with van der Waals surface area (Å²) in [4.78, 5) is 2.43. The van der Waals surface area contributed by atoms with Crippen LogP contribution in [0, 0.1) is 5.92 Å². The van der Waals surface area contributed by atoms with E-state index >= 15 is 0 Å². The normalized spacial score (nSPS) is 34.4. The van der Waals surface area contributed by atoms with Gasteiger partial charge in [-0.2, -0.15) is 0 Å². The molecule has 1 N–H and O–H groups in total. The maximum atomic E-state index is 6.19. The first-order chi connectivity index (χ1) is 9.26. The molecule has 0 radical (unpaired) electrons. The third-order valence-corrected chi connectivity index (χ3v) is 4.76. The topological polar surface area (TPSA) is 33.7 Å². The van der Waals surface area contributed by atoms with Crippen molar-refractivity contribution in [2.24, 2.45) is 5.92 Å². The predicted octanol–water partition coefficient (Wildman–Crippen LogP) is 1.60. The van der Waals surface area contributed by atoms with Crippen molar-refractivity contribution in [1.29, 1.82) is 0 Å². The Hall–Kier alpha value is -0.160. The Morgan fingerprint density at radius 3 is 2.79 bits per heavy atom. The molecular weight excluding hydrogens is 240 g/mol. The third kappa shape index (κ3) is 3.48. The van der Waals surface area contributed by atoms with Gasteiger partial charge in [-0.1, -0.05) is 0 Å². The highest BCUT2D eigenvalue weighted by Gasteiger charge is 2.43. The molecular formula is C15H28N2O2. The maximum Gasteiger partial charge on any atom is 0.168 e. The number of ether oxygens (including phenoxy) is 2. The van der Waals surface area contributed by atoms with E-state index in [2.05, 4.69) is 17.3 Å². The fraction of sp³-hybridized carbons (Fsp3) is 1.00. The zero-order chi connectivity index (χ0) is 13.1. The number of nitrogens with zero attached hydrogens (tertiary/aromatic N) is 1. The standard InChI is InChI=1S/C15H28N2O2/c1-17(10-13-5-4-8-16-9-13)11-14-12-18-15(19-14)6-2-3-7-15/h13-14,16H,2-12H2,1H3. The van der Waals surface area contributed by atoms with Crippen LogP contribution in [0.25, 0.3) is 0 Å². The molecule has 0 aromatic rings. The quantitative estimate of drug-likeness (QED) is 0.840. The van der Waals surface area contributed by atoms with Crippen LogP contribution in [-0.2, 0) is 9.47 Å². The summed E-state index contributed by atoms with van der Waals surface area (Å²) in [5.41, 5.74) is 0. The molecule has 4 nitrogen and oxygen atoms in total. The van der Waals surface area contributed by atoms with Crippen LogP contribution >= 0.6 is 0 Å². The molecule has 110 valence electrons. The van der Waals surface area contributed by atoms with Gasteiger partial charge in [-0.25, -0.2) is 0 Å². The highest BCUT2D eigenvalue weighted by molar-refractivity contribution is 4.85. The van der Waals surface area contributed by atoms with Gasteiger partial charge in [0.25, 0.3) is 0 Å². The van der Waals surface area contributed by atoms with Crippen molar-refractivity contribution >= 4 is 0 Å². The second-order valence-corrected chi connectivity index (χ2v) is 6.60. The van der Waals surface area contributed by atoms with E-state index in [1.54, 1.807) is 0 Å². The first kappa shape index (κ1) is 13.8. The fourth-order valence-corrected chi connectivity index (χ4v) is 3.83. The Morgan fingerprint density at radius 1 is 1.21 bits per heavy atom. The fourth-order valence-electron chi connectivity index (χ4n) is 3.83. The van der Waals surface area contributed by atoms with Crippen molar-refractivity contribution in [3.05, 3.63) is 0 Å². The number of piperidine rings is 1. The summed E-state index contributed by atoms with van der Waals surface area (Å²) in [6.45, 7) is 5.35. The van der Waals surface area contributed by atoms with Gasteiger partial charge in [0.05, 0.1) is 12.7 Å². The molecule has 0 aromatic carbocycles. The van der Waals surface area contributed by atoms with Gasteiger partial charge < -0.3 is 19.7 Å². The highest BCUT2D eigenvalue weighted by atomic mass is 16.7. The summed E-state index contributed by atoms with van der Waals surface area (Å²) in [7, 11) is 2.22. The average molecular weight is 268 g/mol. The van der Waals surface area contributed by atoms with E-state index in [1.165, 1.54) is 45.3 Å². The van der Waals surface area contributed by atoms with Gasteiger partial charge in [-0.15, -0.1) is 0 Å². The molecule has 3 fully saturated rings. The Kier molecular flexibility index (Phi) is 4.42. The van der Waals surface area contributed by atoms with E-state index in [-0.39, 0.29) is 11.9 Å². The molecule has 19 heavy (non-hydrogen) atoms. The van der Waals surface area contributed by atoms with E-state index in [4.69, 9.17) is 9.47 Å². The lowest BCUT2D eigenvalue weighted by Crippen LogP contribution is -2.40. The SMILES string of the molecule is CN(CC1CCCNC1)CC1COC2(CCCC2)O1. The van der Waals surface area contributed by atoms with Crippen molar-refractivity contribution in [3.63, 3.8) is 0 Å². The number of hydrogen-bond acceptors (Lipinski definition) is 4. The van der Waals surface area contributed by atoms with Crippen molar-refractivity contribution in [2.75, 3.05) is 39.8 Å². The second-order valence-electron chi connectivity index (χ2n) is 6.60. The van der Waals surface area contributed by atoms with Gasteiger partial charge in [-0.05, 0) is 51.7 Å². The molecule has 2 saturated heterocycles. The molecule has 3 aliphatic rings. The summed E-state index contributed by atoms with van der Waals surface area (Å²) in [5.74, 6) is 0.610. The molecule has 2 unspecified atom stereocenters. The molecule has 2 aliphatic heterocycles. The minimum atomic E-state index is -0.197. The summed E-state index contributed by atoms with van der Waals surface area (Å²) in [6, 6.07) is 0. The van der Waals surface area contributed by atoms with Crippen LogP contribution in [0.15, 0.2) is 0 Å². The number of rotatable bonds is 4. The van der Waals surface area contributed by atoms with Gasteiger partial charge in [0.2, 0.25) is 0 Å². The van der Waals surface area contributed by atoms with E-state index in [0.29, 0.717) is 0 Å². The van der Waals surface area contributed by atoms with E-state index in [9.17, 15) is 0 Å². The predicted molar refractivity (Wildman–Crippen MR) is 75.1 cm³/mol. The Morgan fingerprint density at radius 2 is 2.05 bits per heavy atom. The molecule has 3 rings (SSSR count). The number of nitrogens with one attached hydrogen (secondary N) is 1. The summed E-state index contributed by atoms with van der Waals surface area (Å²) in [5, 5.41) is 3.49. The molecule has 2 atom stereocenters. The molecule has 4 heteroatoms.